The van der Waals surface area contributed by atoms with Gasteiger partial charge >= 0.3 is 27.6 Å². The summed E-state index contributed by atoms with van der Waals surface area (Å²) < 4.78 is 53.4. The molecule has 4 N–H and O–H groups in total. The maximum Gasteiger partial charge on any atom is 0.472 e. The van der Waals surface area contributed by atoms with Crippen molar-refractivity contribution in [2.24, 2.45) is 0 Å². The number of carbonyl (C=O) groups is 2. The molecular formula is C46H74O14P2. The monoisotopic (exact) mass is 912 g/mol. The summed E-state index contributed by atoms with van der Waals surface area (Å²) in [5.41, 5.74) is 0. The molecule has 0 bridgehead atoms. The maximum absolute atomic E-state index is 12.6. The molecule has 1 aliphatic heterocycles. The predicted molar refractivity (Wildman–Crippen MR) is 243 cm³/mol. The summed E-state index contributed by atoms with van der Waals surface area (Å²) in [6, 6.07) is 0. The van der Waals surface area contributed by atoms with E-state index >= 15 is 0 Å². The SMILES string of the molecule is CC/C=C\C/C=C\C/C=C\CCCCCCCC(=O)OC[C@H](COP(=O)(O)OC[C@@H](O)COP(=O)(O)O)OC(=O)CC/C=C\C/C=C\C/C=C\C/C=C\CC1OC1C/C=C\CC. The molecule has 0 aliphatic carbocycles. The van der Waals surface area contributed by atoms with Crippen molar-refractivity contribution >= 4 is 27.6 Å². The average molecular weight is 913 g/mol. The first kappa shape index (κ1) is 57.0. The van der Waals surface area contributed by atoms with Gasteiger partial charge in [-0.05, 0) is 83.5 Å². The summed E-state index contributed by atoms with van der Waals surface area (Å²) in [4.78, 5) is 52.7. The first-order valence-electron chi connectivity index (χ1n) is 22.1. The molecule has 0 aromatic heterocycles. The Kier molecular flexibility index (Phi) is 34.4. The van der Waals surface area contributed by atoms with Crippen LogP contribution in [0.5, 0.6) is 0 Å². The molecule has 352 valence electrons. The zero-order chi connectivity index (χ0) is 45.6. The van der Waals surface area contributed by atoms with Gasteiger partial charge in [0.15, 0.2) is 6.10 Å². The Morgan fingerprint density at radius 2 is 1.02 bits per heavy atom. The summed E-state index contributed by atoms with van der Waals surface area (Å²) in [5, 5.41) is 9.75. The maximum atomic E-state index is 12.6. The number of unbranched alkanes of at least 4 members (excludes halogenated alkanes) is 5. The third-order valence-electron chi connectivity index (χ3n) is 8.87. The van der Waals surface area contributed by atoms with Crippen molar-refractivity contribution in [1.82, 2.24) is 0 Å². The van der Waals surface area contributed by atoms with E-state index in [2.05, 4.69) is 102 Å². The molecule has 16 heteroatoms. The quantitative estimate of drug-likeness (QED) is 0.0149. The van der Waals surface area contributed by atoms with E-state index in [0.717, 1.165) is 83.5 Å². The number of allylic oxidation sites excluding steroid dienone is 14. The Hall–Kier alpha value is -3.00. The molecule has 1 heterocycles. The molecule has 1 saturated heterocycles. The lowest BCUT2D eigenvalue weighted by Gasteiger charge is -2.20. The predicted octanol–water partition coefficient (Wildman–Crippen LogP) is 10.3. The number of phosphoric acid groups is 2. The minimum absolute atomic E-state index is 0.00677. The molecule has 0 aromatic rings. The Balaban J connectivity index is 2.42. The molecule has 0 amide bonds. The van der Waals surface area contributed by atoms with Crippen LogP contribution in [0.2, 0.25) is 0 Å². The van der Waals surface area contributed by atoms with Crippen LogP contribution in [-0.4, -0.2) is 82.6 Å². The van der Waals surface area contributed by atoms with Crippen molar-refractivity contribution < 1.29 is 66.3 Å². The van der Waals surface area contributed by atoms with Gasteiger partial charge in [-0.15, -0.1) is 0 Å². The Morgan fingerprint density at radius 1 is 0.548 bits per heavy atom. The first-order chi connectivity index (χ1) is 29.8. The fraction of sp³-hybridized carbons (Fsp3) is 0.609. The number of rotatable bonds is 39. The fourth-order valence-corrected chi connectivity index (χ4v) is 6.64. The summed E-state index contributed by atoms with van der Waals surface area (Å²) in [5.74, 6) is -1.16. The lowest BCUT2D eigenvalue weighted by atomic mass is 10.1. The number of phosphoric ester groups is 2. The van der Waals surface area contributed by atoms with Crippen molar-refractivity contribution in [2.45, 2.75) is 154 Å². The fourth-order valence-electron chi connectivity index (χ4n) is 5.49. The normalized spacial score (nSPS) is 18.2. The second-order valence-corrected chi connectivity index (χ2v) is 17.3. The molecule has 14 nitrogen and oxygen atoms in total. The van der Waals surface area contributed by atoms with E-state index in [-0.39, 0.29) is 12.8 Å². The van der Waals surface area contributed by atoms with Crippen molar-refractivity contribution in [3.05, 3.63) is 97.2 Å². The van der Waals surface area contributed by atoms with Crippen LogP contribution in [0.3, 0.4) is 0 Å². The Labute approximate surface area is 370 Å². The van der Waals surface area contributed by atoms with Gasteiger partial charge in [0, 0.05) is 12.8 Å². The van der Waals surface area contributed by atoms with Crippen LogP contribution in [0.1, 0.15) is 129 Å². The minimum atomic E-state index is -4.88. The third-order valence-corrected chi connectivity index (χ3v) is 10.3. The van der Waals surface area contributed by atoms with Crippen LogP contribution in [0.25, 0.3) is 0 Å². The summed E-state index contributed by atoms with van der Waals surface area (Å²) in [7, 11) is -9.72. The topological polar surface area (TPSA) is 208 Å². The van der Waals surface area contributed by atoms with Crippen LogP contribution < -0.4 is 0 Å². The van der Waals surface area contributed by atoms with E-state index < -0.39 is 66.2 Å². The minimum Gasteiger partial charge on any atom is -0.462 e. The highest BCUT2D eigenvalue weighted by Gasteiger charge is 2.36. The summed E-state index contributed by atoms with van der Waals surface area (Å²) in [6.45, 7) is 1.40. The molecular weight excluding hydrogens is 838 g/mol. The zero-order valence-electron chi connectivity index (χ0n) is 36.9. The van der Waals surface area contributed by atoms with Gasteiger partial charge in [-0.2, -0.15) is 0 Å². The second-order valence-electron chi connectivity index (χ2n) is 14.6. The van der Waals surface area contributed by atoms with Gasteiger partial charge < -0.3 is 34.0 Å². The molecule has 0 radical (unpaired) electrons. The molecule has 1 rings (SSSR count). The number of hydrogen-bond donors (Lipinski definition) is 4. The average Bonchev–Trinajstić information content (AvgIpc) is 3.99. The van der Waals surface area contributed by atoms with Crippen LogP contribution >= 0.6 is 15.6 Å². The molecule has 1 aliphatic rings. The first-order valence-corrected chi connectivity index (χ1v) is 25.1. The van der Waals surface area contributed by atoms with Gasteiger partial charge in [0.25, 0.3) is 0 Å². The van der Waals surface area contributed by atoms with E-state index in [9.17, 15) is 28.7 Å². The van der Waals surface area contributed by atoms with Crippen LogP contribution in [0.15, 0.2) is 97.2 Å². The van der Waals surface area contributed by atoms with Gasteiger partial charge in [-0.1, -0.05) is 130 Å². The number of esters is 2. The van der Waals surface area contributed by atoms with E-state index in [0.29, 0.717) is 31.5 Å². The van der Waals surface area contributed by atoms with Crippen LogP contribution in [0, 0.1) is 0 Å². The molecule has 1 fully saturated rings. The van der Waals surface area contributed by atoms with Gasteiger partial charge in [0.2, 0.25) is 0 Å². The Morgan fingerprint density at radius 3 is 1.61 bits per heavy atom. The smallest absolute Gasteiger partial charge is 0.462 e. The number of carbonyl (C=O) groups excluding carboxylic acids is 2. The van der Waals surface area contributed by atoms with E-state index in [1.165, 1.54) is 0 Å². The molecule has 3 unspecified atom stereocenters. The van der Waals surface area contributed by atoms with Gasteiger partial charge in [0.1, 0.15) is 12.7 Å². The van der Waals surface area contributed by atoms with Gasteiger partial charge in [-0.25, -0.2) is 9.13 Å². The Bertz CT molecular complexity index is 1530. The molecule has 0 saturated carbocycles. The lowest BCUT2D eigenvalue weighted by Crippen LogP contribution is -2.29. The van der Waals surface area contributed by atoms with Crippen molar-refractivity contribution in [1.29, 1.82) is 0 Å². The highest BCUT2D eigenvalue weighted by molar-refractivity contribution is 7.47. The van der Waals surface area contributed by atoms with Crippen molar-refractivity contribution in [2.75, 3.05) is 26.4 Å². The van der Waals surface area contributed by atoms with Crippen LogP contribution in [0.4, 0.5) is 0 Å². The van der Waals surface area contributed by atoms with Gasteiger partial charge in [-0.3, -0.25) is 23.2 Å². The number of aliphatic hydroxyl groups is 1. The largest absolute Gasteiger partial charge is 0.472 e. The standard InChI is InChI=1S/C46H74O14P2/c1-3-5-7-8-9-10-11-12-13-14-18-21-24-27-31-35-45(48)55-39-42(40-58-62(53,54)57-38-41(47)37-56-61(50,51)52)59-46(49)36-32-28-25-22-19-16-15-17-20-23-26-30-34-44-43(60-44)33-29-6-4-2/h5-7,9-10,12-13,16-17,19-20,25-26,28-30,41-44,47H,3-4,8,11,14-15,18,21-24,27,31-40H2,1-2H3,(H,53,54)(H2,50,51,52)/b7-5-,10-9-,13-12-,19-16-,20-17-,28-25-,29-6-,30-26-/t41-,42+,43?,44?/m0/s1. The van der Waals surface area contributed by atoms with E-state index in [4.69, 9.17) is 28.5 Å². The van der Waals surface area contributed by atoms with E-state index in [1.807, 2.05) is 18.2 Å². The number of epoxide rings is 1. The second kappa shape index (κ2) is 37.4. The van der Waals surface area contributed by atoms with Crippen molar-refractivity contribution in [3.8, 4) is 0 Å². The van der Waals surface area contributed by atoms with E-state index in [1.54, 1.807) is 0 Å². The number of hydrogen-bond acceptors (Lipinski definition) is 11. The molecule has 5 atom stereocenters. The molecule has 0 spiro atoms. The number of ether oxygens (including phenoxy) is 3. The van der Waals surface area contributed by atoms with Crippen LogP contribution in [-0.2, 0) is 46.5 Å². The molecule has 0 aromatic carbocycles. The summed E-state index contributed by atoms with van der Waals surface area (Å²) in [6.07, 6.45) is 46.0. The number of aliphatic hydroxyl groups excluding tert-OH is 1. The zero-order valence-corrected chi connectivity index (χ0v) is 38.7. The molecule has 62 heavy (non-hydrogen) atoms. The van der Waals surface area contributed by atoms with Crippen molar-refractivity contribution in [3.63, 3.8) is 0 Å². The highest BCUT2D eigenvalue weighted by atomic mass is 31.2. The third kappa shape index (κ3) is 37.5. The highest BCUT2D eigenvalue weighted by Crippen LogP contribution is 2.44. The summed E-state index contributed by atoms with van der Waals surface area (Å²) >= 11 is 0. The lowest BCUT2D eigenvalue weighted by molar-refractivity contribution is -0.161. The van der Waals surface area contributed by atoms with Gasteiger partial charge in [0.05, 0.1) is 32.0 Å².